The van der Waals surface area contributed by atoms with Crippen molar-refractivity contribution in [3.8, 4) is 5.69 Å². The molecule has 0 unspecified atom stereocenters. The molecule has 0 amide bonds. The summed E-state index contributed by atoms with van der Waals surface area (Å²) in [5, 5.41) is 17.3. The van der Waals surface area contributed by atoms with Crippen LogP contribution in [0.5, 0.6) is 0 Å². The van der Waals surface area contributed by atoms with E-state index in [-0.39, 0.29) is 11.4 Å². The largest absolute Gasteiger partial charge is 0.476 e. The summed E-state index contributed by atoms with van der Waals surface area (Å²) in [5.41, 5.74) is -0.00407. The van der Waals surface area contributed by atoms with Gasteiger partial charge in [0, 0.05) is 13.1 Å². The quantitative estimate of drug-likeness (QED) is 0.924. The summed E-state index contributed by atoms with van der Waals surface area (Å²) in [6, 6.07) is 6.00. The van der Waals surface area contributed by atoms with Crippen molar-refractivity contribution >= 4 is 11.8 Å². The standard InChI is InChI=1S/C13H13FN4O2/c14-9-5-1-2-6-10(9)18-15-11(13(19)20)12(16-18)17-7-3-4-8-17/h1-2,5-6H,3-4,7-8H2,(H,19,20). The van der Waals surface area contributed by atoms with Crippen LogP contribution in [0.4, 0.5) is 10.2 Å². The van der Waals surface area contributed by atoms with Crippen LogP contribution in [0.15, 0.2) is 24.3 Å². The van der Waals surface area contributed by atoms with Gasteiger partial charge in [-0.25, -0.2) is 9.18 Å². The number of para-hydroxylation sites is 1. The number of carboxylic acids is 1. The minimum atomic E-state index is -1.16. The normalized spacial score (nSPS) is 14.8. The highest BCUT2D eigenvalue weighted by atomic mass is 19.1. The van der Waals surface area contributed by atoms with Gasteiger partial charge in [-0.1, -0.05) is 12.1 Å². The smallest absolute Gasteiger partial charge is 0.360 e. The molecular weight excluding hydrogens is 263 g/mol. The van der Waals surface area contributed by atoms with E-state index in [0.717, 1.165) is 30.7 Å². The summed E-state index contributed by atoms with van der Waals surface area (Å²) in [6.07, 6.45) is 1.98. The molecule has 0 saturated carbocycles. The molecule has 0 bridgehead atoms. The minimum absolute atomic E-state index is 0.139. The summed E-state index contributed by atoms with van der Waals surface area (Å²) in [5.74, 6) is -1.35. The molecule has 20 heavy (non-hydrogen) atoms. The van der Waals surface area contributed by atoms with Crippen LogP contribution in [0.1, 0.15) is 23.3 Å². The van der Waals surface area contributed by atoms with Gasteiger partial charge in [0.1, 0.15) is 5.69 Å². The third-order valence-electron chi connectivity index (χ3n) is 3.27. The van der Waals surface area contributed by atoms with Gasteiger partial charge < -0.3 is 10.0 Å². The highest BCUT2D eigenvalue weighted by molar-refractivity contribution is 5.91. The summed E-state index contributed by atoms with van der Waals surface area (Å²) in [4.78, 5) is 14.2. The van der Waals surface area contributed by atoms with Crippen LogP contribution >= 0.6 is 0 Å². The number of nitrogens with zero attached hydrogens (tertiary/aromatic N) is 4. The Labute approximate surface area is 114 Å². The second-order valence-electron chi connectivity index (χ2n) is 4.61. The van der Waals surface area contributed by atoms with Gasteiger partial charge in [0.25, 0.3) is 0 Å². The molecular formula is C13H13FN4O2. The number of anilines is 1. The summed E-state index contributed by atoms with van der Waals surface area (Å²) < 4.78 is 13.7. The number of hydrogen-bond donors (Lipinski definition) is 1. The van der Waals surface area contributed by atoms with Gasteiger partial charge in [0.05, 0.1) is 0 Å². The van der Waals surface area contributed by atoms with Crippen LogP contribution in [0.3, 0.4) is 0 Å². The lowest BCUT2D eigenvalue weighted by atomic mass is 10.3. The molecule has 1 fully saturated rings. The zero-order valence-electron chi connectivity index (χ0n) is 10.7. The summed E-state index contributed by atoms with van der Waals surface area (Å²) in [7, 11) is 0. The van der Waals surface area contributed by atoms with Crippen molar-refractivity contribution in [2.24, 2.45) is 0 Å². The third-order valence-corrected chi connectivity index (χ3v) is 3.27. The Morgan fingerprint density at radius 2 is 1.90 bits per heavy atom. The molecule has 1 aromatic heterocycles. The highest BCUT2D eigenvalue weighted by Crippen LogP contribution is 2.23. The molecule has 2 aromatic rings. The van der Waals surface area contributed by atoms with E-state index in [2.05, 4.69) is 10.2 Å². The first-order valence-electron chi connectivity index (χ1n) is 6.37. The Morgan fingerprint density at radius 3 is 2.55 bits per heavy atom. The second kappa shape index (κ2) is 4.92. The van der Waals surface area contributed by atoms with E-state index in [0.29, 0.717) is 5.82 Å². The summed E-state index contributed by atoms with van der Waals surface area (Å²) in [6.45, 7) is 1.49. The van der Waals surface area contributed by atoms with Crippen molar-refractivity contribution < 1.29 is 14.3 Å². The lowest BCUT2D eigenvalue weighted by molar-refractivity contribution is 0.0690. The molecule has 104 valence electrons. The van der Waals surface area contributed by atoms with E-state index in [9.17, 15) is 14.3 Å². The first-order valence-corrected chi connectivity index (χ1v) is 6.37. The predicted molar refractivity (Wildman–Crippen MR) is 69.7 cm³/mol. The minimum Gasteiger partial charge on any atom is -0.476 e. The fourth-order valence-corrected chi connectivity index (χ4v) is 2.30. The number of rotatable bonds is 3. The highest BCUT2D eigenvalue weighted by Gasteiger charge is 2.25. The maximum atomic E-state index is 13.7. The monoisotopic (exact) mass is 276 g/mol. The zero-order valence-corrected chi connectivity index (χ0v) is 10.7. The number of benzene rings is 1. The Balaban J connectivity index is 2.07. The maximum Gasteiger partial charge on any atom is 0.360 e. The summed E-state index contributed by atoms with van der Waals surface area (Å²) >= 11 is 0. The van der Waals surface area contributed by atoms with Gasteiger partial charge >= 0.3 is 5.97 Å². The SMILES string of the molecule is O=C(O)c1nn(-c2ccccc2F)nc1N1CCCC1. The van der Waals surface area contributed by atoms with Crippen molar-refractivity contribution in [1.82, 2.24) is 15.0 Å². The fraction of sp³-hybridized carbons (Fsp3) is 0.308. The van der Waals surface area contributed by atoms with Crippen molar-refractivity contribution in [2.45, 2.75) is 12.8 Å². The predicted octanol–water partition coefficient (Wildman–Crippen LogP) is 1.70. The third kappa shape index (κ3) is 2.11. The molecule has 2 heterocycles. The van der Waals surface area contributed by atoms with E-state index in [1.54, 1.807) is 12.1 Å². The lowest BCUT2D eigenvalue weighted by Crippen LogP contribution is -2.20. The van der Waals surface area contributed by atoms with E-state index in [1.165, 1.54) is 12.1 Å². The molecule has 1 saturated heterocycles. The van der Waals surface area contributed by atoms with Crippen LogP contribution in [0.25, 0.3) is 5.69 Å². The average Bonchev–Trinajstić information content (AvgIpc) is 3.08. The molecule has 7 heteroatoms. The van der Waals surface area contributed by atoms with Crippen molar-refractivity contribution in [3.63, 3.8) is 0 Å². The number of carboxylic acid groups (broad SMARTS) is 1. The molecule has 3 rings (SSSR count). The van der Waals surface area contributed by atoms with E-state index >= 15 is 0 Å². The molecule has 1 aromatic carbocycles. The second-order valence-corrected chi connectivity index (χ2v) is 4.61. The fourth-order valence-electron chi connectivity index (χ4n) is 2.30. The van der Waals surface area contributed by atoms with Crippen LogP contribution in [-0.4, -0.2) is 39.2 Å². The van der Waals surface area contributed by atoms with Crippen molar-refractivity contribution in [3.05, 3.63) is 35.8 Å². The van der Waals surface area contributed by atoms with E-state index in [4.69, 9.17) is 0 Å². The Kier molecular flexibility index (Phi) is 3.09. The van der Waals surface area contributed by atoms with Gasteiger partial charge in [0.2, 0.25) is 5.69 Å². The van der Waals surface area contributed by atoms with Crippen molar-refractivity contribution in [1.29, 1.82) is 0 Å². The molecule has 6 nitrogen and oxygen atoms in total. The Morgan fingerprint density at radius 1 is 1.20 bits per heavy atom. The van der Waals surface area contributed by atoms with Crippen LogP contribution in [0.2, 0.25) is 0 Å². The number of carbonyl (C=O) groups is 1. The Bertz CT molecular complexity index is 650. The van der Waals surface area contributed by atoms with Gasteiger partial charge in [-0.2, -0.15) is 0 Å². The average molecular weight is 276 g/mol. The number of aromatic nitrogens is 3. The van der Waals surface area contributed by atoms with Crippen LogP contribution in [0, 0.1) is 5.82 Å². The zero-order chi connectivity index (χ0) is 14.1. The molecule has 0 aliphatic carbocycles. The molecule has 0 spiro atoms. The molecule has 0 atom stereocenters. The van der Waals surface area contributed by atoms with Gasteiger partial charge in [-0.05, 0) is 25.0 Å². The first-order chi connectivity index (χ1) is 9.66. The van der Waals surface area contributed by atoms with Crippen LogP contribution in [-0.2, 0) is 0 Å². The van der Waals surface area contributed by atoms with Crippen LogP contribution < -0.4 is 4.90 Å². The van der Waals surface area contributed by atoms with E-state index in [1.807, 2.05) is 4.90 Å². The molecule has 1 N–H and O–H groups in total. The molecule has 1 aliphatic rings. The molecule has 1 aliphatic heterocycles. The number of aromatic carboxylic acids is 1. The first kappa shape index (κ1) is 12.6. The van der Waals surface area contributed by atoms with Crippen molar-refractivity contribution in [2.75, 3.05) is 18.0 Å². The molecule has 0 radical (unpaired) electrons. The van der Waals surface area contributed by atoms with Gasteiger partial charge in [0.15, 0.2) is 11.6 Å². The Hall–Kier alpha value is -2.44. The van der Waals surface area contributed by atoms with E-state index < -0.39 is 11.8 Å². The maximum absolute atomic E-state index is 13.7. The lowest BCUT2D eigenvalue weighted by Gasteiger charge is -2.13. The number of halogens is 1. The van der Waals surface area contributed by atoms with Gasteiger partial charge in [-0.15, -0.1) is 15.0 Å². The van der Waals surface area contributed by atoms with Gasteiger partial charge in [-0.3, -0.25) is 0 Å². The topological polar surface area (TPSA) is 71.2 Å². The number of hydrogen-bond acceptors (Lipinski definition) is 4.